The van der Waals surface area contributed by atoms with Gasteiger partial charge in [-0.05, 0) is 19.1 Å². The van der Waals surface area contributed by atoms with Crippen molar-refractivity contribution in [3.63, 3.8) is 0 Å². The summed E-state index contributed by atoms with van der Waals surface area (Å²) in [4.78, 5) is 21.5. The lowest BCUT2D eigenvalue weighted by atomic mass is 10.2. The fourth-order valence-electron chi connectivity index (χ4n) is 3.11. The number of piperazine rings is 1. The molecule has 1 N–H and O–H groups in total. The van der Waals surface area contributed by atoms with E-state index in [0.717, 1.165) is 43.4 Å². The van der Waals surface area contributed by atoms with Gasteiger partial charge >= 0.3 is 0 Å². The van der Waals surface area contributed by atoms with Crippen LogP contribution in [0.2, 0.25) is 0 Å². The maximum atomic E-state index is 12.4. The van der Waals surface area contributed by atoms with Crippen LogP contribution < -0.4 is 14.8 Å². The molecule has 7 nitrogen and oxygen atoms in total. The number of rotatable bonds is 7. The molecule has 1 aliphatic heterocycles. The summed E-state index contributed by atoms with van der Waals surface area (Å²) < 4.78 is 10.5. The number of methoxy groups -OCH3 is 2. The molecular formula is C19H26N4O3S. The summed E-state index contributed by atoms with van der Waals surface area (Å²) in [7, 11) is 3.18. The van der Waals surface area contributed by atoms with Gasteiger partial charge in [0, 0.05) is 44.2 Å². The lowest BCUT2D eigenvalue weighted by molar-refractivity contribution is -0.117. The second-order valence-electron chi connectivity index (χ2n) is 6.52. The molecule has 1 amide bonds. The quantitative estimate of drug-likeness (QED) is 0.782. The van der Waals surface area contributed by atoms with Gasteiger partial charge in [0.15, 0.2) is 0 Å². The number of aromatic nitrogens is 1. The Morgan fingerprint density at radius 1 is 1.19 bits per heavy atom. The van der Waals surface area contributed by atoms with Crippen LogP contribution >= 0.6 is 11.3 Å². The first-order chi connectivity index (χ1) is 13.1. The van der Waals surface area contributed by atoms with Crippen LogP contribution in [0.3, 0.4) is 0 Å². The third-order valence-corrected chi connectivity index (χ3v) is 5.39. The highest BCUT2D eigenvalue weighted by Crippen LogP contribution is 2.29. The predicted octanol–water partition coefficient (Wildman–Crippen LogP) is 2.23. The van der Waals surface area contributed by atoms with E-state index in [-0.39, 0.29) is 5.91 Å². The van der Waals surface area contributed by atoms with Crippen LogP contribution in [0.5, 0.6) is 11.5 Å². The molecule has 0 unspecified atom stereocenters. The van der Waals surface area contributed by atoms with E-state index in [1.165, 1.54) is 0 Å². The zero-order valence-corrected chi connectivity index (χ0v) is 16.8. The summed E-state index contributed by atoms with van der Waals surface area (Å²) in [5.41, 5.74) is 1.79. The monoisotopic (exact) mass is 390 g/mol. The molecule has 146 valence electrons. The van der Waals surface area contributed by atoms with Crippen molar-refractivity contribution in [1.82, 2.24) is 14.8 Å². The summed E-state index contributed by atoms with van der Waals surface area (Å²) in [6.45, 7) is 6.91. The van der Waals surface area contributed by atoms with Crippen molar-refractivity contribution < 1.29 is 14.3 Å². The number of carbonyl (C=O) groups excluding carboxylic acids is 1. The Morgan fingerprint density at radius 2 is 1.93 bits per heavy atom. The van der Waals surface area contributed by atoms with Crippen molar-refractivity contribution in [3.8, 4) is 11.5 Å². The van der Waals surface area contributed by atoms with Crippen LogP contribution in [-0.4, -0.2) is 67.6 Å². The van der Waals surface area contributed by atoms with E-state index in [1.54, 1.807) is 43.8 Å². The number of nitrogens with zero attached hydrogens (tertiary/aromatic N) is 3. The number of nitrogens with one attached hydrogen (secondary N) is 1. The van der Waals surface area contributed by atoms with Gasteiger partial charge in [-0.25, -0.2) is 4.98 Å². The predicted molar refractivity (Wildman–Crippen MR) is 107 cm³/mol. The second-order valence-corrected chi connectivity index (χ2v) is 7.59. The molecule has 1 saturated heterocycles. The first-order valence-corrected chi connectivity index (χ1v) is 9.83. The summed E-state index contributed by atoms with van der Waals surface area (Å²) in [6.07, 6.45) is 0. The first-order valence-electron chi connectivity index (χ1n) is 8.95. The minimum atomic E-state index is -0.0398. The highest BCUT2D eigenvalue weighted by molar-refractivity contribution is 7.09. The van der Waals surface area contributed by atoms with Crippen molar-refractivity contribution >= 4 is 22.9 Å². The molecule has 1 aliphatic rings. The van der Waals surface area contributed by atoms with Crippen LogP contribution in [-0.2, 0) is 11.3 Å². The molecule has 8 heteroatoms. The van der Waals surface area contributed by atoms with E-state index >= 15 is 0 Å². The van der Waals surface area contributed by atoms with Crippen molar-refractivity contribution in [2.45, 2.75) is 13.5 Å². The van der Waals surface area contributed by atoms with Crippen LogP contribution in [0.15, 0.2) is 23.6 Å². The molecule has 0 spiro atoms. The number of anilines is 1. The van der Waals surface area contributed by atoms with Crippen molar-refractivity contribution in [2.24, 2.45) is 0 Å². The molecule has 2 heterocycles. The summed E-state index contributed by atoms with van der Waals surface area (Å²) in [6, 6.07) is 5.36. The maximum absolute atomic E-state index is 12.4. The molecule has 2 aromatic rings. The first kappa shape index (κ1) is 19.6. The molecule has 3 rings (SSSR count). The summed E-state index contributed by atoms with van der Waals surface area (Å²) in [5.74, 6) is 1.24. The summed E-state index contributed by atoms with van der Waals surface area (Å²) in [5, 5.41) is 6.16. The molecule has 0 radical (unpaired) electrons. The average molecular weight is 391 g/mol. The molecule has 1 fully saturated rings. The molecule has 0 aliphatic carbocycles. The van der Waals surface area contributed by atoms with E-state index in [1.807, 2.05) is 6.92 Å². The van der Waals surface area contributed by atoms with Gasteiger partial charge in [-0.1, -0.05) is 0 Å². The molecule has 0 atom stereocenters. The standard InChI is InChI=1S/C19H26N4O3S/c1-14-20-15(13-27-14)11-22-6-8-23(9-7-22)12-19(24)21-17-5-4-16(25-2)10-18(17)26-3/h4-5,10,13H,6-9,11-12H2,1-3H3,(H,21,24). The highest BCUT2D eigenvalue weighted by atomic mass is 32.1. The number of thiazole rings is 1. The lowest BCUT2D eigenvalue weighted by Crippen LogP contribution is -2.48. The number of hydrogen-bond acceptors (Lipinski definition) is 7. The summed E-state index contributed by atoms with van der Waals surface area (Å²) >= 11 is 1.69. The molecule has 1 aromatic heterocycles. The molecule has 1 aromatic carbocycles. The molecule has 27 heavy (non-hydrogen) atoms. The minimum absolute atomic E-state index is 0.0398. The van der Waals surface area contributed by atoms with Crippen LogP contribution in [0, 0.1) is 6.92 Å². The van der Waals surface area contributed by atoms with Crippen LogP contribution in [0.25, 0.3) is 0 Å². The number of carbonyl (C=O) groups is 1. The number of amides is 1. The van der Waals surface area contributed by atoms with Crippen molar-refractivity contribution in [2.75, 3.05) is 52.3 Å². The van der Waals surface area contributed by atoms with Gasteiger partial charge < -0.3 is 14.8 Å². The Labute approximate surface area is 163 Å². The topological polar surface area (TPSA) is 66.9 Å². The fourth-order valence-corrected chi connectivity index (χ4v) is 3.71. The highest BCUT2D eigenvalue weighted by Gasteiger charge is 2.20. The third kappa shape index (κ3) is 5.41. The lowest BCUT2D eigenvalue weighted by Gasteiger charge is -2.33. The van der Waals surface area contributed by atoms with Gasteiger partial charge in [0.25, 0.3) is 0 Å². The minimum Gasteiger partial charge on any atom is -0.497 e. The number of benzene rings is 1. The maximum Gasteiger partial charge on any atom is 0.238 e. The normalized spacial score (nSPS) is 15.5. The zero-order valence-electron chi connectivity index (χ0n) is 16.0. The zero-order chi connectivity index (χ0) is 19.2. The number of aryl methyl sites for hydroxylation is 1. The molecular weight excluding hydrogens is 364 g/mol. The van der Waals surface area contributed by atoms with E-state index in [9.17, 15) is 4.79 Å². The Kier molecular flexibility index (Phi) is 6.65. The average Bonchev–Trinajstić information content (AvgIpc) is 3.08. The van der Waals surface area contributed by atoms with Gasteiger partial charge in [-0.2, -0.15) is 0 Å². The number of ether oxygens (including phenoxy) is 2. The largest absolute Gasteiger partial charge is 0.497 e. The van der Waals surface area contributed by atoms with Crippen molar-refractivity contribution in [3.05, 3.63) is 34.3 Å². The van der Waals surface area contributed by atoms with Crippen LogP contribution in [0.1, 0.15) is 10.7 Å². The van der Waals surface area contributed by atoms with E-state index in [0.29, 0.717) is 23.7 Å². The Hall–Kier alpha value is -2.16. The van der Waals surface area contributed by atoms with Gasteiger partial charge in [-0.15, -0.1) is 11.3 Å². The van der Waals surface area contributed by atoms with Gasteiger partial charge in [0.2, 0.25) is 5.91 Å². The Balaban J connectivity index is 1.47. The van der Waals surface area contributed by atoms with Gasteiger partial charge in [0.1, 0.15) is 11.5 Å². The van der Waals surface area contributed by atoms with E-state index < -0.39 is 0 Å². The SMILES string of the molecule is COc1ccc(NC(=O)CN2CCN(Cc3csc(C)n3)CC2)c(OC)c1. The van der Waals surface area contributed by atoms with Crippen molar-refractivity contribution in [1.29, 1.82) is 0 Å². The number of hydrogen-bond donors (Lipinski definition) is 1. The third-order valence-electron chi connectivity index (χ3n) is 4.57. The van der Waals surface area contributed by atoms with Gasteiger partial charge in [0.05, 0.1) is 37.2 Å². The van der Waals surface area contributed by atoms with E-state index in [2.05, 4.69) is 25.5 Å². The van der Waals surface area contributed by atoms with E-state index in [4.69, 9.17) is 9.47 Å². The fraction of sp³-hybridized carbons (Fsp3) is 0.474. The Morgan fingerprint density at radius 3 is 2.56 bits per heavy atom. The smallest absolute Gasteiger partial charge is 0.238 e. The van der Waals surface area contributed by atoms with Crippen LogP contribution in [0.4, 0.5) is 5.69 Å². The Bertz CT molecular complexity index is 772. The molecule has 0 saturated carbocycles. The molecule has 0 bridgehead atoms. The van der Waals surface area contributed by atoms with Gasteiger partial charge in [-0.3, -0.25) is 14.6 Å². The second kappa shape index (κ2) is 9.16.